The maximum Gasteiger partial charge on any atom is 0.269 e. The minimum atomic E-state index is -4.17. The second kappa shape index (κ2) is 9.39. The molecule has 0 amide bonds. The average molecular weight is 525 g/mol. The fourth-order valence-electron chi connectivity index (χ4n) is 3.72. The van der Waals surface area contributed by atoms with Crippen molar-refractivity contribution in [2.75, 3.05) is 19.4 Å². The van der Waals surface area contributed by atoms with Gasteiger partial charge in [-0.15, -0.1) is 0 Å². The van der Waals surface area contributed by atoms with Crippen LogP contribution >= 0.6 is 0 Å². The third kappa shape index (κ3) is 6.69. The van der Waals surface area contributed by atoms with Crippen LogP contribution in [0.25, 0.3) is 0 Å². The van der Waals surface area contributed by atoms with Gasteiger partial charge in [0.05, 0.1) is 22.7 Å². The van der Waals surface area contributed by atoms with Crippen LogP contribution in [0, 0.1) is 10.1 Å². The Morgan fingerprint density at radius 1 is 1.09 bits per heavy atom. The summed E-state index contributed by atoms with van der Waals surface area (Å²) in [5.74, 6) is -2.03. The molecule has 0 unspecified atom stereocenters. The number of ether oxygens (including phenoxy) is 4. The highest BCUT2D eigenvalue weighted by atomic mass is 32.2. The van der Waals surface area contributed by atoms with Crippen molar-refractivity contribution in [1.29, 1.82) is 0 Å². The summed E-state index contributed by atoms with van der Waals surface area (Å²) in [5.41, 5.74) is -0.277. The van der Waals surface area contributed by atoms with Gasteiger partial charge in [0.2, 0.25) is 10.0 Å². The molecule has 192 valence electrons. The van der Waals surface area contributed by atoms with Gasteiger partial charge in [-0.05, 0) is 39.8 Å². The van der Waals surface area contributed by atoms with E-state index in [1.54, 1.807) is 27.7 Å². The lowest BCUT2D eigenvalue weighted by Gasteiger charge is -2.28. The Labute approximate surface area is 198 Å². The Morgan fingerprint density at radius 3 is 2.21 bits per heavy atom. The highest BCUT2D eigenvalue weighted by Crippen LogP contribution is 2.37. The van der Waals surface area contributed by atoms with Gasteiger partial charge in [0.25, 0.3) is 15.8 Å². The molecule has 2 heterocycles. The van der Waals surface area contributed by atoms with E-state index in [1.165, 1.54) is 0 Å². The number of non-ortho nitro benzene ring substituents is 1. The van der Waals surface area contributed by atoms with Crippen molar-refractivity contribution in [2.24, 2.45) is 0 Å². The minimum Gasteiger partial charge on any atom is -0.348 e. The van der Waals surface area contributed by atoms with Crippen molar-refractivity contribution in [1.82, 2.24) is 4.72 Å². The molecule has 0 saturated carbocycles. The van der Waals surface area contributed by atoms with Crippen LogP contribution in [0.4, 0.5) is 5.69 Å². The van der Waals surface area contributed by atoms with Gasteiger partial charge in [-0.2, -0.15) is 8.42 Å². The highest BCUT2D eigenvalue weighted by molar-refractivity contribution is 7.89. The van der Waals surface area contributed by atoms with Crippen molar-refractivity contribution in [3.8, 4) is 0 Å². The van der Waals surface area contributed by atoms with Crippen molar-refractivity contribution < 1.29 is 44.9 Å². The van der Waals surface area contributed by atoms with Gasteiger partial charge in [-0.25, -0.2) is 13.1 Å². The Bertz CT molecular complexity index is 1120. The summed E-state index contributed by atoms with van der Waals surface area (Å²) >= 11 is 0. The zero-order chi connectivity index (χ0) is 25.5. The van der Waals surface area contributed by atoms with Crippen molar-refractivity contribution in [3.05, 3.63) is 34.4 Å². The summed E-state index contributed by atoms with van der Waals surface area (Å²) in [5, 5.41) is 10.8. The molecule has 2 fully saturated rings. The van der Waals surface area contributed by atoms with Crippen LogP contribution in [0.1, 0.15) is 27.7 Å². The number of hydrogen-bond donors (Lipinski definition) is 1. The van der Waals surface area contributed by atoms with Crippen LogP contribution < -0.4 is 4.72 Å². The number of nitrogens with one attached hydrogen (secondary N) is 1. The van der Waals surface area contributed by atoms with E-state index >= 15 is 0 Å². The number of nitro benzene ring substituents is 1. The van der Waals surface area contributed by atoms with Crippen molar-refractivity contribution in [2.45, 2.75) is 68.6 Å². The molecule has 13 nitrogen and oxygen atoms in total. The molecule has 0 bridgehead atoms. The quantitative estimate of drug-likeness (QED) is 0.276. The van der Waals surface area contributed by atoms with Gasteiger partial charge >= 0.3 is 0 Å². The normalized spacial score (nSPS) is 27.5. The molecule has 0 spiro atoms. The van der Waals surface area contributed by atoms with Crippen molar-refractivity contribution in [3.63, 3.8) is 0 Å². The first kappa shape index (κ1) is 26.9. The van der Waals surface area contributed by atoms with E-state index in [0.29, 0.717) is 0 Å². The predicted octanol–water partition coefficient (Wildman–Crippen LogP) is 0.890. The molecule has 0 aromatic heterocycles. The molecule has 3 rings (SSSR count). The van der Waals surface area contributed by atoms with E-state index < -0.39 is 67.6 Å². The number of rotatable bonds is 9. The van der Waals surface area contributed by atoms with E-state index in [9.17, 15) is 26.9 Å². The van der Waals surface area contributed by atoms with Crippen LogP contribution in [-0.4, -0.2) is 77.2 Å². The first-order chi connectivity index (χ1) is 15.5. The molecular formula is C19H28N2O11S2. The standard InChI is InChI=1S/C19H28N2O11S2/c1-18(2)28-11-15(29-18)17-16(30-19(3,4)31-17)14(32-33(5,24)25)10-20-34(26,27)13-8-6-12(7-9-13)21(22)23/h6-9,14-17,20H,10-11H2,1-5H3/t14-,15+,16+,17+/m0/s1. The first-order valence-corrected chi connectivity index (χ1v) is 13.6. The van der Waals surface area contributed by atoms with E-state index in [4.69, 9.17) is 23.1 Å². The lowest BCUT2D eigenvalue weighted by Crippen LogP contribution is -2.49. The topological polar surface area (TPSA) is 170 Å². The minimum absolute atomic E-state index is 0.147. The average Bonchev–Trinajstić information content (AvgIpc) is 3.22. The highest BCUT2D eigenvalue weighted by Gasteiger charge is 2.53. The SMILES string of the molecule is CC1(C)O[C@H]([C@H](CNS(=O)(=O)c2ccc([N+](=O)[O-])cc2)OS(C)(=O)=O)[C@@H]([C@H]2COC(C)(C)O2)O1. The summed E-state index contributed by atoms with van der Waals surface area (Å²) < 4.78 is 80.2. The summed E-state index contributed by atoms with van der Waals surface area (Å²) in [6.07, 6.45) is -2.97. The zero-order valence-electron chi connectivity index (χ0n) is 19.3. The van der Waals surface area contributed by atoms with Crippen LogP contribution in [0.2, 0.25) is 0 Å². The number of hydrogen-bond acceptors (Lipinski definition) is 11. The maximum atomic E-state index is 12.7. The van der Waals surface area contributed by atoms with Gasteiger partial charge in [0.15, 0.2) is 11.6 Å². The molecule has 1 aromatic rings. The molecule has 0 radical (unpaired) electrons. The third-order valence-electron chi connectivity index (χ3n) is 5.06. The molecule has 2 saturated heterocycles. The molecule has 0 aliphatic carbocycles. The molecule has 4 atom stereocenters. The van der Waals surface area contributed by atoms with Crippen LogP contribution in [0.15, 0.2) is 29.2 Å². The third-order valence-corrected chi connectivity index (χ3v) is 7.09. The lowest BCUT2D eigenvalue weighted by atomic mass is 10.0. The van der Waals surface area contributed by atoms with Gasteiger partial charge in [0, 0.05) is 18.7 Å². The summed E-state index contributed by atoms with van der Waals surface area (Å²) in [6.45, 7) is 6.33. The first-order valence-electron chi connectivity index (χ1n) is 10.3. The fourth-order valence-corrected chi connectivity index (χ4v) is 5.39. The van der Waals surface area contributed by atoms with E-state index in [2.05, 4.69) is 4.72 Å². The number of nitro groups is 1. The van der Waals surface area contributed by atoms with Gasteiger partial charge < -0.3 is 18.9 Å². The monoisotopic (exact) mass is 524 g/mol. The number of nitrogens with zero attached hydrogens (tertiary/aromatic N) is 1. The smallest absolute Gasteiger partial charge is 0.269 e. The van der Waals surface area contributed by atoms with Crippen LogP contribution in [0.5, 0.6) is 0 Å². The predicted molar refractivity (Wildman–Crippen MR) is 117 cm³/mol. The number of sulfonamides is 1. The van der Waals surface area contributed by atoms with Gasteiger partial charge in [-0.1, -0.05) is 0 Å². The fraction of sp³-hybridized carbons (Fsp3) is 0.684. The Hall–Kier alpha value is -1.72. The molecule has 2 aliphatic heterocycles. The Morgan fingerprint density at radius 2 is 1.71 bits per heavy atom. The molecule has 15 heteroatoms. The van der Waals surface area contributed by atoms with E-state index in [0.717, 1.165) is 30.5 Å². The lowest BCUT2D eigenvalue weighted by molar-refractivity contribution is -0.384. The molecular weight excluding hydrogens is 496 g/mol. The zero-order valence-corrected chi connectivity index (χ0v) is 20.9. The van der Waals surface area contributed by atoms with Crippen LogP contribution in [-0.2, 0) is 43.3 Å². The number of benzene rings is 1. The van der Waals surface area contributed by atoms with Crippen LogP contribution in [0.3, 0.4) is 0 Å². The van der Waals surface area contributed by atoms with E-state index in [-0.39, 0.29) is 17.2 Å². The van der Waals surface area contributed by atoms with Crippen molar-refractivity contribution >= 4 is 25.8 Å². The largest absolute Gasteiger partial charge is 0.348 e. The maximum absolute atomic E-state index is 12.7. The van der Waals surface area contributed by atoms with Gasteiger partial charge in [-0.3, -0.25) is 14.3 Å². The summed E-state index contributed by atoms with van der Waals surface area (Å²) in [7, 11) is -8.20. The second-order valence-electron chi connectivity index (χ2n) is 8.87. The van der Waals surface area contributed by atoms with E-state index in [1.807, 2.05) is 0 Å². The Balaban J connectivity index is 1.83. The molecule has 2 aliphatic rings. The molecule has 1 N–H and O–H groups in total. The Kier molecular flexibility index (Phi) is 7.42. The molecule has 34 heavy (non-hydrogen) atoms. The summed E-state index contributed by atoms with van der Waals surface area (Å²) in [4.78, 5) is 9.91. The second-order valence-corrected chi connectivity index (χ2v) is 12.2. The molecule has 1 aromatic carbocycles. The van der Waals surface area contributed by atoms with Gasteiger partial charge in [0.1, 0.15) is 24.4 Å². The summed E-state index contributed by atoms with van der Waals surface area (Å²) in [6, 6.07) is 4.23.